The van der Waals surface area contributed by atoms with Crippen molar-refractivity contribution >= 4 is 5.91 Å². The van der Waals surface area contributed by atoms with Crippen molar-refractivity contribution in [1.82, 2.24) is 15.1 Å². The van der Waals surface area contributed by atoms with Gasteiger partial charge in [-0.15, -0.1) is 0 Å². The Balaban J connectivity index is 1.93. The number of rotatable bonds is 4. The Kier molecular flexibility index (Phi) is 3.88. The van der Waals surface area contributed by atoms with Crippen LogP contribution in [0, 0.1) is 0 Å². The first-order valence-electron chi connectivity index (χ1n) is 8.28. The second kappa shape index (κ2) is 6.22. The minimum atomic E-state index is -0.309. The number of hydrogen-bond acceptors (Lipinski definition) is 4. The van der Waals surface area contributed by atoms with Crippen molar-refractivity contribution in [1.29, 1.82) is 0 Å². The maximum Gasteiger partial charge on any atom is 0.272 e. The number of amides is 1. The molecular formula is C20H19N3O3. The Labute approximate surface area is 151 Å². The van der Waals surface area contributed by atoms with E-state index in [0.717, 1.165) is 22.4 Å². The van der Waals surface area contributed by atoms with Crippen LogP contribution < -0.4 is 9.47 Å². The lowest BCUT2D eigenvalue weighted by Gasteiger charge is -2.24. The molecule has 0 spiro atoms. The van der Waals surface area contributed by atoms with Gasteiger partial charge in [-0.2, -0.15) is 5.10 Å². The predicted octanol–water partition coefficient (Wildman–Crippen LogP) is 3.27. The number of aromatic amines is 1. The Bertz CT molecular complexity index is 966. The number of methoxy groups -OCH3 is 2. The minimum Gasteiger partial charge on any atom is -0.497 e. The third kappa shape index (κ3) is 2.34. The molecule has 1 unspecified atom stereocenters. The molecule has 1 atom stereocenters. The highest BCUT2D eigenvalue weighted by Crippen LogP contribution is 2.45. The highest BCUT2D eigenvalue weighted by Gasteiger charge is 2.41. The highest BCUT2D eigenvalue weighted by molar-refractivity contribution is 6.00. The van der Waals surface area contributed by atoms with Gasteiger partial charge in [-0.25, -0.2) is 0 Å². The smallest absolute Gasteiger partial charge is 0.272 e. The molecule has 2 heterocycles. The average molecular weight is 349 g/mol. The Morgan fingerprint density at radius 3 is 2.54 bits per heavy atom. The molecule has 6 heteroatoms. The molecule has 4 rings (SSSR count). The molecule has 26 heavy (non-hydrogen) atoms. The Morgan fingerprint density at radius 1 is 1.08 bits per heavy atom. The van der Waals surface area contributed by atoms with Crippen LogP contribution in [-0.4, -0.2) is 42.3 Å². The third-order valence-corrected chi connectivity index (χ3v) is 4.78. The summed E-state index contributed by atoms with van der Waals surface area (Å²) in [5.41, 5.74) is 3.96. The number of carbonyl (C=O) groups is 1. The van der Waals surface area contributed by atoms with Gasteiger partial charge in [0.15, 0.2) is 0 Å². The molecule has 0 saturated carbocycles. The molecule has 1 aromatic heterocycles. The molecule has 0 aliphatic carbocycles. The van der Waals surface area contributed by atoms with Crippen molar-refractivity contribution in [2.45, 2.75) is 6.04 Å². The summed E-state index contributed by atoms with van der Waals surface area (Å²) in [5.74, 6) is 1.31. The summed E-state index contributed by atoms with van der Waals surface area (Å²) in [6.07, 6.45) is 0. The summed E-state index contributed by atoms with van der Waals surface area (Å²) in [4.78, 5) is 14.5. The van der Waals surface area contributed by atoms with Gasteiger partial charge >= 0.3 is 0 Å². The quantitative estimate of drug-likeness (QED) is 0.785. The normalized spacial score (nSPS) is 15.9. The summed E-state index contributed by atoms with van der Waals surface area (Å²) < 4.78 is 10.9. The lowest BCUT2D eigenvalue weighted by molar-refractivity contribution is 0.0786. The van der Waals surface area contributed by atoms with Crippen LogP contribution in [0.1, 0.15) is 27.7 Å². The van der Waals surface area contributed by atoms with E-state index >= 15 is 0 Å². The molecule has 1 aliphatic rings. The summed E-state index contributed by atoms with van der Waals surface area (Å²) in [5, 5.41) is 7.34. The standard InChI is InChI=1S/C20H19N3O3/c1-23-19(14-11-13(25-2)9-10-15(14)26-3)16-17(12-7-5-4-6-8-12)21-22-18(16)20(23)24/h4-11,19H,1-3H3,(H,21,22). The number of nitrogens with zero attached hydrogens (tertiary/aromatic N) is 2. The van der Waals surface area contributed by atoms with E-state index in [1.165, 1.54) is 0 Å². The minimum absolute atomic E-state index is 0.0930. The first kappa shape index (κ1) is 16.2. The number of nitrogens with one attached hydrogen (secondary N) is 1. The molecule has 1 N–H and O–H groups in total. The van der Waals surface area contributed by atoms with Crippen molar-refractivity contribution in [3.05, 3.63) is 65.4 Å². The van der Waals surface area contributed by atoms with Gasteiger partial charge in [-0.1, -0.05) is 30.3 Å². The van der Waals surface area contributed by atoms with Crippen LogP contribution >= 0.6 is 0 Å². The SMILES string of the molecule is COc1ccc(OC)c(C2c3c(-c4ccccc4)n[nH]c3C(=O)N2C)c1. The number of benzene rings is 2. The third-order valence-electron chi connectivity index (χ3n) is 4.78. The Hall–Kier alpha value is -3.28. The van der Waals surface area contributed by atoms with Gasteiger partial charge in [0.1, 0.15) is 17.2 Å². The lowest BCUT2D eigenvalue weighted by atomic mass is 9.95. The van der Waals surface area contributed by atoms with E-state index in [1.54, 1.807) is 26.2 Å². The average Bonchev–Trinajstić information content (AvgIpc) is 3.21. The molecule has 0 fully saturated rings. The molecular weight excluding hydrogens is 330 g/mol. The van der Waals surface area contributed by atoms with Crippen LogP contribution in [0.5, 0.6) is 11.5 Å². The molecule has 6 nitrogen and oxygen atoms in total. The topological polar surface area (TPSA) is 67.5 Å². The van der Waals surface area contributed by atoms with Gasteiger partial charge in [0.05, 0.1) is 26.0 Å². The number of carbonyl (C=O) groups excluding carboxylic acids is 1. The van der Waals surface area contributed by atoms with Gasteiger partial charge < -0.3 is 14.4 Å². The summed E-state index contributed by atoms with van der Waals surface area (Å²) in [7, 11) is 5.03. The Morgan fingerprint density at radius 2 is 1.85 bits per heavy atom. The fourth-order valence-electron chi connectivity index (χ4n) is 3.50. The monoisotopic (exact) mass is 349 g/mol. The van der Waals surface area contributed by atoms with E-state index in [2.05, 4.69) is 10.2 Å². The zero-order valence-corrected chi connectivity index (χ0v) is 14.8. The van der Waals surface area contributed by atoms with Crippen molar-refractivity contribution in [3.63, 3.8) is 0 Å². The van der Waals surface area contributed by atoms with E-state index in [-0.39, 0.29) is 11.9 Å². The first-order chi connectivity index (χ1) is 12.7. The second-order valence-corrected chi connectivity index (χ2v) is 6.15. The number of aromatic nitrogens is 2. The lowest BCUT2D eigenvalue weighted by Crippen LogP contribution is -2.25. The number of fused-ring (bicyclic) bond motifs is 1. The summed E-state index contributed by atoms with van der Waals surface area (Å²) >= 11 is 0. The number of ether oxygens (including phenoxy) is 2. The van der Waals surface area contributed by atoms with Gasteiger partial charge in [0, 0.05) is 23.7 Å². The van der Waals surface area contributed by atoms with E-state index in [0.29, 0.717) is 17.2 Å². The van der Waals surface area contributed by atoms with Crippen molar-refractivity contribution < 1.29 is 14.3 Å². The van der Waals surface area contributed by atoms with Crippen LogP contribution in [0.25, 0.3) is 11.3 Å². The van der Waals surface area contributed by atoms with E-state index in [9.17, 15) is 4.79 Å². The second-order valence-electron chi connectivity index (χ2n) is 6.15. The molecule has 0 saturated heterocycles. The van der Waals surface area contributed by atoms with E-state index < -0.39 is 0 Å². The largest absolute Gasteiger partial charge is 0.497 e. The summed E-state index contributed by atoms with van der Waals surface area (Å²) in [6.45, 7) is 0. The molecule has 2 aromatic carbocycles. The fourth-order valence-corrected chi connectivity index (χ4v) is 3.50. The van der Waals surface area contributed by atoms with Crippen LogP contribution in [0.15, 0.2) is 48.5 Å². The van der Waals surface area contributed by atoms with Crippen LogP contribution in [0.4, 0.5) is 0 Å². The molecule has 132 valence electrons. The van der Waals surface area contributed by atoms with Crippen molar-refractivity contribution in [2.75, 3.05) is 21.3 Å². The van der Waals surface area contributed by atoms with Gasteiger partial charge in [-0.05, 0) is 18.2 Å². The number of hydrogen-bond donors (Lipinski definition) is 1. The van der Waals surface area contributed by atoms with E-state index in [4.69, 9.17) is 9.47 Å². The maximum absolute atomic E-state index is 12.8. The molecule has 1 aliphatic heterocycles. The highest BCUT2D eigenvalue weighted by atomic mass is 16.5. The zero-order chi connectivity index (χ0) is 18.3. The van der Waals surface area contributed by atoms with Gasteiger partial charge in [0.2, 0.25) is 0 Å². The van der Waals surface area contributed by atoms with Crippen molar-refractivity contribution in [2.24, 2.45) is 0 Å². The molecule has 0 radical (unpaired) electrons. The van der Waals surface area contributed by atoms with E-state index in [1.807, 2.05) is 48.5 Å². The number of H-pyrrole nitrogens is 1. The molecule has 3 aromatic rings. The maximum atomic E-state index is 12.8. The molecule has 1 amide bonds. The summed E-state index contributed by atoms with van der Waals surface area (Å²) in [6, 6.07) is 15.1. The van der Waals surface area contributed by atoms with Gasteiger partial charge in [0.25, 0.3) is 5.91 Å². The van der Waals surface area contributed by atoms with Crippen LogP contribution in [0.3, 0.4) is 0 Å². The van der Waals surface area contributed by atoms with Gasteiger partial charge in [-0.3, -0.25) is 9.89 Å². The van der Waals surface area contributed by atoms with Crippen LogP contribution in [0.2, 0.25) is 0 Å². The fraction of sp³-hybridized carbons (Fsp3) is 0.200. The zero-order valence-electron chi connectivity index (χ0n) is 14.8. The first-order valence-corrected chi connectivity index (χ1v) is 8.28. The predicted molar refractivity (Wildman–Crippen MR) is 97.5 cm³/mol. The van der Waals surface area contributed by atoms with Crippen molar-refractivity contribution in [3.8, 4) is 22.8 Å². The molecule has 0 bridgehead atoms. The van der Waals surface area contributed by atoms with Crippen LogP contribution in [-0.2, 0) is 0 Å².